The van der Waals surface area contributed by atoms with Crippen molar-refractivity contribution >= 4 is 5.91 Å². The Hall–Kier alpha value is -1.76. The van der Waals surface area contributed by atoms with Crippen LogP contribution in [0.5, 0.6) is 5.75 Å². The number of benzene rings is 1. The number of carbonyl (C=O) groups excluding carboxylic acids is 1. The van der Waals surface area contributed by atoms with E-state index in [1.54, 1.807) is 6.07 Å². The number of carbonyl (C=O) groups is 1. The summed E-state index contributed by atoms with van der Waals surface area (Å²) in [7, 11) is 1.45. The summed E-state index contributed by atoms with van der Waals surface area (Å²) in [5.74, 6) is -1.22. The van der Waals surface area contributed by atoms with E-state index < -0.39 is 12.3 Å². The molecule has 0 fully saturated rings. The Kier molecular flexibility index (Phi) is 5.17. The predicted octanol–water partition coefficient (Wildman–Crippen LogP) is 1.45. The number of nitrogens with two attached hydrogens (primary N) is 1. The zero-order valence-corrected chi connectivity index (χ0v) is 10.3. The number of ether oxygens (including phenoxy) is 1. The zero-order chi connectivity index (χ0) is 14.5. The van der Waals surface area contributed by atoms with Crippen molar-refractivity contribution in [1.29, 1.82) is 0 Å². The van der Waals surface area contributed by atoms with Crippen LogP contribution in [0.1, 0.15) is 5.56 Å². The largest absolute Gasteiger partial charge is 0.573 e. The smallest absolute Gasteiger partial charge is 0.406 e. The first-order valence-electron chi connectivity index (χ1n) is 5.62. The summed E-state index contributed by atoms with van der Waals surface area (Å²) in [6, 6.07) is 5.70. The summed E-state index contributed by atoms with van der Waals surface area (Å²) in [6.45, 7) is 0.0417. The Morgan fingerprint density at radius 2 is 2.05 bits per heavy atom. The Bertz CT molecular complexity index is 435. The second-order valence-corrected chi connectivity index (χ2v) is 3.91. The molecule has 1 aromatic carbocycles. The third-order valence-electron chi connectivity index (χ3n) is 2.57. The predicted molar refractivity (Wildman–Crippen MR) is 63.4 cm³/mol. The summed E-state index contributed by atoms with van der Waals surface area (Å²) in [6.07, 6.45) is -4.68. The average Bonchev–Trinajstić information content (AvgIpc) is 2.35. The second-order valence-electron chi connectivity index (χ2n) is 3.91. The standard InChI is InChI=1S/C12H15F3N2O2/c1-17-11(18)9(7-16)6-8-4-2-3-5-10(8)19-12(13,14)15/h2-5,9H,6-7,16H2,1H3,(H,17,18). The van der Waals surface area contributed by atoms with Crippen molar-refractivity contribution in [2.24, 2.45) is 11.7 Å². The third kappa shape index (κ3) is 4.78. The van der Waals surface area contributed by atoms with Crippen molar-refractivity contribution in [3.8, 4) is 5.75 Å². The number of hydrogen-bond donors (Lipinski definition) is 2. The van der Waals surface area contributed by atoms with Crippen LogP contribution in [-0.2, 0) is 11.2 Å². The van der Waals surface area contributed by atoms with Crippen LogP contribution in [-0.4, -0.2) is 25.9 Å². The van der Waals surface area contributed by atoms with E-state index in [9.17, 15) is 18.0 Å². The van der Waals surface area contributed by atoms with Crippen molar-refractivity contribution in [3.05, 3.63) is 29.8 Å². The highest BCUT2D eigenvalue weighted by Crippen LogP contribution is 2.27. The molecule has 1 atom stereocenters. The van der Waals surface area contributed by atoms with E-state index in [2.05, 4.69) is 10.1 Å². The monoisotopic (exact) mass is 276 g/mol. The van der Waals surface area contributed by atoms with E-state index >= 15 is 0 Å². The molecule has 0 spiro atoms. The van der Waals surface area contributed by atoms with Gasteiger partial charge in [-0.3, -0.25) is 4.79 Å². The topological polar surface area (TPSA) is 64.4 Å². The van der Waals surface area contributed by atoms with Crippen LogP contribution in [0.15, 0.2) is 24.3 Å². The summed E-state index contributed by atoms with van der Waals surface area (Å²) in [4.78, 5) is 11.5. The Labute approximate surface area is 108 Å². The van der Waals surface area contributed by atoms with Gasteiger partial charge in [-0.25, -0.2) is 0 Å². The summed E-state index contributed by atoms with van der Waals surface area (Å²) < 4.78 is 40.6. The van der Waals surface area contributed by atoms with Gasteiger partial charge in [-0.05, 0) is 18.1 Å². The molecule has 106 valence electrons. The normalized spacial score (nSPS) is 12.9. The van der Waals surface area contributed by atoms with Crippen molar-refractivity contribution in [2.75, 3.05) is 13.6 Å². The van der Waals surface area contributed by atoms with Gasteiger partial charge in [0.05, 0.1) is 5.92 Å². The summed E-state index contributed by atoms with van der Waals surface area (Å²) in [5, 5.41) is 2.42. The molecule has 0 bridgehead atoms. The fraction of sp³-hybridized carbons (Fsp3) is 0.417. The fourth-order valence-corrected chi connectivity index (χ4v) is 1.65. The fourth-order valence-electron chi connectivity index (χ4n) is 1.65. The first-order chi connectivity index (χ1) is 8.87. The Morgan fingerprint density at radius 1 is 1.42 bits per heavy atom. The van der Waals surface area contributed by atoms with Gasteiger partial charge < -0.3 is 15.8 Å². The van der Waals surface area contributed by atoms with Gasteiger partial charge in [-0.1, -0.05) is 18.2 Å². The van der Waals surface area contributed by atoms with E-state index in [1.807, 2.05) is 0 Å². The van der Waals surface area contributed by atoms with Crippen molar-refractivity contribution in [1.82, 2.24) is 5.32 Å². The Morgan fingerprint density at radius 3 is 2.58 bits per heavy atom. The average molecular weight is 276 g/mol. The van der Waals surface area contributed by atoms with Crippen molar-refractivity contribution < 1.29 is 22.7 Å². The molecule has 0 saturated heterocycles. The molecule has 0 aliphatic rings. The van der Waals surface area contributed by atoms with Gasteiger partial charge in [0.15, 0.2) is 0 Å². The number of rotatable bonds is 5. The second kappa shape index (κ2) is 6.42. The lowest BCUT2D eigenvalue weighted by Gasteiger charge is -2.17. The van der Waals surface area contributed by atoms with Crippen LogP contribution < -0.4 is 15.8 Å². The van der Waals surface area contributed by atoms with Crippen LogP contribution in [0.2, 0.25) is 0 Å². The van der Waals surface area contributed by atoms with Crippen molar-refractivity contribution in [2.45, 2.75) is 12.8 Å². The van der Waals surface area contributed by atoms with Gasteiger partial charge in [0.2, 0.25) is 5.91 Å². The van der Waals surface area contributed by atoms with Gasteiger partial charge in [-0.2, -0.15) is 0 Å². The molecule has 0 aliphatic carbocycles. The quantitative estimate of drug-likeness (QED) is 0.855. The highest BCUT2D eigenvalue weighted by molar-refractivity contribution is 5.79. The van der Waals surface area contributed by atoms with Crippen LogP contribution >= 0.6 is 0 Å². The third-order valence-corrected chi connectivity index (χ3v) is 2.57. The maximum atomic E-state index is 12.2. The molecular formula is C12H15F3N2O2. The molecule has 0 aliphatic heterocycles. The van der Waals surface area contributed by atoms with Crippen LogP contribution in [0.3, 0.4) is 0 Å². The maximum absolute atomic E-state index is 12.2. The number of nitrogens with one attached hydrogen (secondary N) is 1. The van der Waals surface area contributed by atoms with Gasteiger partial charge in [-0.15, -0.1) is 13.2 Å². The number of halogens is 3. The van der Waals surface area contributed by atoms with Crippen LogP contribution in [0.4, 0.5) is 13.2 Å². The molecule has 0 saturated carbocycles. The van der Waals surface area contributed by atoms with Gasteiger partial charge in [0, 0.05) is 13.6 Å². The summed E-state index contributed by atoms with van der Waals surface area (Å²) in [5.41, 5.74) is 5.74. The van der Waals surface area contributed by atoms with Gasteiger partial charge >= 0.3 is 6.36 Å². The molecule has 19 heavy (non-hydrogen) atoms. The van der Waals surface area contributed by atoms with E-state index in [0.717, 1.165) is 0 Å². The molecule has 1 rings (SSSR count). The van der Waals surface area contributed by atoms with Gasteiger partial charge in [0.25, 0.3) is 0 Å². The van der Waals surface area contributed by atoms with Crippen molar-refractivity contribution in [3.63, 3.8) is 0 Å². The minimum absolute atomic E-state index is 0.0417. The van der Waals surface area contributed by atoms with Crippen LogP contribution in [0, 0.1) is 5.92 Å². The lowest BCUT2D eigenvalue weighted by Crippen LogP contribution is -2.34. The molecule has 0 radical (unpaired) electrons. The lowest BCUT2D eigenvalue weighted by molar-refractivity contribution is -0.274. The van der Waals surface area contributed by atoms with E-state index in [-0.39, 0.29) is 24.6 Å². The van der Waals surface area contributed by atoms with Crippen LogP contribution in [0.25, 0.3) is 0 Å². The number of para-hydroxylation sites is 1. The summed E-state index contributed by atoms with van der Waals surface area (Å²) >= 11 is 0. The van der Waals surface area contributed by atoms with E-state index in [1.165, 1.54) is 25.2 Å². The highest BCUT2D eigenvalue weighted by Gasteiger charge is 2.32. The first kappa shape index (κ1) is 15.3. The zero-order valence-electron chi connectivity index (χ0n) is 10.3. The lowest BCUT2D eigenvalue weighted by atomic mass is 9.98. The molecule has 1 unspecified atom stereocenters. The minimum Gasteiger partial charge on any atom is -0.406 e. The van der Waals surface area contributed by atoms with E-state index in [4.69, 9.17) is 5.73 Å². The number of amides is 1. The number of hydrogen-bond acceptors (Lipinski definition) is 3. The molecular weight excluding hydrogens is 261 g/mol. The SMILES string of the molecule is CNC(=O)C(CN)Cc1ccccc1OC(F)(F)F. The molecule has 7 heteroatoms. The maximum Gasteiger partial charge on any atom is 0.573 e. The molecule has 0 heterocycles. The highest BCUT2D eigenvalue weighted by atomic mass is 19.4. The van der Waals surface area contributed by atoms with E-state index in [0.29, 0.717) is 5.56 Å². The molecule has 0 aromatic heterocycles. The Balaban J connectivity index is 2.91. The van der Waals surface area contributed by atoms with Gasteiger partial charge in [0.1, 0.15) is 5.75 Å². The molecule has 1 aromatic rings. The molecule has 3 N–H and O–H groups in total. The molecule has 1 amide bonds. The molecule has 4 nitrogen and oxygen atoms in total. The first-order valence-corrected chi connectivity index (χ1v) is 5.62. The minimum atomic E-state index is -4.76. The number of alkyl halides is 3.